The number of carbonyl (C=O) groups is 1. The van der Waals surface area contributed by atoms with Gasteiger partial charge in [0.25, 0.3) is 5.91 Å². The Hall–Kier alpha value is -1.63. The van der Waals surface area contributed by atoms with Crippen LogP contribution in [0.25, 0.3) is 11.3 Å². The van der Waals surface area contributed by atoms with Crippen LogP contribution in [0.5, 0.6) is 0 Å². The maximum Gasteiger partial charge on any atom is 0.276 e. The van der Waals surface area contributed by atoms with E-state index >= 15 is 0 Å². The van der Waals surface area contributed by atoms with Crippen LogP contribution < -0.4 is 5.73 Å². The van der Waals surface area contributed by atoms with Crippen LogP contribution >= 0.6 is 24.8 Å². The minimum atomic E-state index is -0.206. The molecule has 6 nitrogen and oxygen atoms in total. The summed E-state index contributed by atoms with van der Waals surface area (Å²) >= 11 is 0. The molecule has 116 valence electrons. The van der Waals surface area contributed by atoms with Crippen molar-refractivity contribution < 1.29 is 9.32 Å². The quantitative estimate of drug-likeness (QED) is 0.925. The first-order chi connectivity index (χ1) is 9.13. The number of rotatable bonds is 4. The largest absolute Gasteiger partial charge is 0.355 e. The van der Waals surface area contributed by atoms with Gasteiger partial charge in [-0.15, -0.1) is 24.8 Å². The Morgan fingerprint density at radius 3 is 2.57 bits per heavy atom. The Kier molecular flexibility index (Phi) is 7.94. The maximum atomic E-state index is 12.1. The van der Waals surface area contributed by atoms with E-state index in [0.717, 1.165) is 5.56 Å². The third kappa shape index (κ3) is 4.42. The molecule has 2 heterocycles. The molecular formula is C13H18Cl2N4O2. The topological polar surface area (TPSA) is 85.2 Å². The summed E-state index contributed by atoms with van der Waals surface area (Å²) in [4.78, 5) is 17.6. The van der Waals surface area contributed by atoms with E-state index in [1.807, 2.05) is 6.92 Å². The van der Waals surface area contributed by atoms with Gasteiger partial charge in [-0.2, -0.15) is 0 Å². The Labute approximate surface area is 135 Å². The average Bonchev–Trinajstić information content (AvgIpc) is 2.95. The fourth-order valence-electron chi connectivity index (χ4n) is 1.57. The smallest absolute Gasteiger partial charge is 0.276 e. The number of amides is 1. The Morgan fingerprint density at radius 1 is 1.38 bits per heavy atom. The van der Waals surface area contributed by atoms with Crippen molar-refractivity contribution in [1.82, 2.24) is 15.0 Å². The van der Waals surface area contributed by atoms with Gasteiger partial charge in [-0.25, -0.2) is 0 Å². The molecule has 0 spiro atoms. The average molecular weight is 333 g/mol. The fourth-order valence-corrected chi connectivity index (χ4v) is 1.57. The van der Waals surface area contributed by atoms with Gasteiger partial charge in [-0.1, -0.05) is 5.16 Å². The second-order valence-corrected chi connectivity index (χ2v) is 4.31. The number of nitrogens with two attached hydrogens (primary N) is 1. The minimum absolute atomic E-state index is 0. The predicted octanol–water partition coefficient (Wildman–Crippen LogP) is 2.00. The summed E-state index contributed by atoms with van der Waals surface area (Å²) < 4.78 is 5.18. The molecule has 0 radical (unpaired) electrons. The van der Waals surface area contributed by atoms with Crippen LogP contribution in [0.3, 0.4) is 0 Å². The van der Waals surface area contributed by atoms with E-state index in [9.17, 15) is 4.79 Å². The molecule has 0 saturated heterocycles. The van der Waals surface area contributed by atoms with E-state index in [2.05, 4.69) is 10.1 Å². The van der Waals surface area contributed by atoms with Gasteiger partial charge in [0.15, 0.2) is 11.5 Å². The molecule has 1 atom stereocenters. The highest BCUT2D eigenvalue weighted by atomic mass is 35.5. The third-order valence-corrected chi connectivity index (χ3v) is 3.02. The highest BCUT2D eigenvalue weighted by molar-refractivity contribution is 5.93. The van der Waals surface area contributed by atoms with Crippen LogP contribution in [0.1, 0.15) is 17.4 Å². The molecule has 0 bridgehead atoms. The summed E-state index contributed by atoms with van der Waals surface area (Å²) in [5.41, 5.74) is 6.64. The van der Waals surface area contributed by atoms with Crippen molar-refractivity contribution >= 4 is 30.7 Å². The van der Waals surface area contributed by atoms with Crippen molar-refractivity contribution in [3.63, 3.8) is 0 Å². The second-order valence-electron chi connectivity index (χ2n) is 4.31. The van der Waals surface area contributed by atoms with E-state index in [4.69, 9.17) is 10.3 Å². The minimum Gasteiger partial charge on any atom is -0.355 e. The normalized spacial score (nSPS) is 11.0. The predicted molar refractivity (Wildman–Crippen MR) is 84.8 cm³/mol. The van der Waals surface area contributed by atoms with Crippen LogP contribution in [0, 0.1) is 0 Å². The molecule has 0 fully saturated rings. The van der Waals surface area contributed by atoms with Crippen molar-refractivity contribution in [1.29, 1.82) is 0 Å². The van der Waals surface area contributed by atoms with Gasteiger partial charge in [0.05, 0.1) is 0 Å². The number of pyridine rings is 1. The summed E-state index contributed by atoms with van der Waals surface area (Å²) in [5.74, 6) is 0.335. The molecule has 2 aromatic rings. The fraction of sp³-hybridized carbons (Fsp3) is 0.308. The van der Waals surface area contributed by atoms with Crippen LogP contribution in [-0.4, -0.2) is 40.6 Å². The standard InChI is InChI=1S/C13H16N4O2.2ClH/c1-9(8-14)17(2)13(18)11-7-12(19-16-11)10-3-5-15-6-4-10;;/h3-7,9H,8,14H2,1-2H3;2*1H. The summed E-state index contributed by atoms with van der Waals surface area (Å²) in [6.45, 7) is 2.28. The molecule has 2 N–H and O–H groups in total. The third-order valence-electron chi connectivity index (χ3n) is 3.02. The first-order valence-corrected chi connectivity index (χ1v) is 5.98. The molecule has 0 aromatic carbocycles. The summed E-state index contributed by atoms with van der Waals surface area (Å²) in [5, 5.41) is 3.80. The first-order valence-electron chi connectivity index (χ1n) is 5.98. The zero-order valence-corrected chi connectivity index (χ0v) is 13.4. The second kappa shape index (κ2) is 8.61. The van der Waals surface area contributed by atoms with Gasteiger partial charge in [0.1, 0.15) is 0 Å². The molecule has 1 amide bonds. The van der Waals surface area contributed by atoms with Crippen LogP contribution in [0.2, 0.25) is 0 Å². The Morgan fingerprint density at radius 2 is 2.00 bits per heavy atom. The van der Waals surface area contributed by atoms with E-state index in [0.29, 0.717) is 12.3 Å². The van der Waals surface area contributed by atoms with Crippen molar-refractivity contribution in [2.75, 3.05) is 13.6 Å². The number of hydrogen-bond acceptors (Lipinski definition) is 5. The molecular weight excluding hydrogens is 315 g/mol. The van der Waals surface area contributed by atoms with Crippen molar-refractivity contribution in [2.45, 2.75) is 13.0 Å². The summed E-state index contributed by atoms with van der Waals surface area (Å²) in [6.07, 6.45) is 3.31. The van der Waals surface area contributed by atoms with Gasteiger partial charge in [0.2, 0.25) is 0 Å². The number of halogens is 2. The molecule has 21 heavy (non-hydrogen) atoms. The van der Waals surface area contributed by atoms with Crippen LogP contribution in [-0.2, 0) is 0 Å². The van der Waals surface area contributed by atoms with E-state index in [-0.39, 0.29) is 42.5 Å². The molecule has 0 aliphatic rings. The van der Waals surface area contributed by atoms with Crippen LogP contribution in [0.4, 0.5) is 0 Å². The summed E-state index contributed by atoms with van der Waals surface area (Å²) in [7, 11) is 1.70. The highest BCUT2D eigenvalue weighted by Gasteiger charge is 2.20. The lowest BCUT2D eigenvalue weighted by atomic mass is 10.2. The number of aromatic nitrogens is 2. The lowest BCUT2D eigenvalue weighted by Crippen LogP contribution is -2.39. The van der Waals surface area contributed by atoms with Gasteiger partial charge in [0, 0.05) is 43.7 Å². The van der Waals surface area contributed by atoms with E-state index in [1.54, 1.807) is 42.5 Å². The number of carbonyl (C=O) groups excluding carboxylic acids is 1. The molecule has 0 aliphatic carbocycles. The van der Waals surface area contributed by atoms with E-state index in [1.165, 1.54) is 0 Å². The van der Waals surface area contributed by atoms with Gasteiger partial charge in [-0.3, -0.25) is 9.78 Å². The van der Waals surface area contributed by atoms with Crippen molar-refractivity contribution in [2.24, 2.45) is 5.73 Å². The zero-order valence-electron chi connectivity index (χ0n) is 11.7. The van der Waals surface area contributed by atoms with Crippen molar-refractivity contribution in [3.05, 3.63) is 36.3 Å². The number of likely N-dealkylation sites (N-methyl/N-ethyl adjacent to an activating group) is 1. The SMILES string of the molecule is CC(CN)N(C)C(=O)c1cc(-c2ccncc2)on1.Cl.Cl. The highest BCUT2D eigenvalue weighted by Crippen LogP contribution is 2.19. The summed E-state index contributed by atoms with van der Waals surface area (Å²) in [6, 6.07) is 5.16. The lowest BCUT2D eigenvalue weighted by molar-refractivity contribution is 0.0738. The lowest BCUT2D eigenvalue weighted by Gasteiger charge is -2.22. The molecule has 2 aromatic heterocycles. The van der Waals surface area contributed by atoms with E-state index < -0.39 is 0 Å². The monoisotopic (exact) mass is 332 g/mol. The van der Waals surface area contributed by atoms with Gasteiger partial charge < -0.3 is 15.2 Å². The number of nitrogens with zero attached hydrogens (tertiary/aromatic N) is 3. The molecule has 0 saturated carbocycles. The molecule has 1 unspecified atom stereocenters. The maximum absolute atomic E-state index is 12.1. The van der Waals surface area contributed by atoms with Gasteiger partial charge in [-0.05, 0) is 19.1 Å². The Balaban J connectivity index is 0.00000200. The van der Waals surface area contributed by atoms with Crippen LogP contribution in [0.15, 0.2) is 35.1 Å². The molecule has 8 heteroatoms. The first kappa shape index (κ1) is 19.4. The van der Waals surface area contributed by atoms with Crippen molar-refractivity contribution in [3.8, 4) is 11.3 Å². The Bertz CT molecular complexity index is 562. The zero-order chi connectivity index (χ0) is 13.8. The molecule has 0 aliphatic heterocycles. The molecule has 2 rings (SSSR count). The van der Waals surface area contributed by atoms with Gasteiger partial charge >= 0.3 is 0 Å². The number of hydrogen-bond donors (Lipinski definition) is 1.